The molecule has 4 rings (SSSR count). The summed E-state index contributed by atoms with van der Waals surface area (Å²) in [5, 5.41) is 21.4. The molecule has 2 amide bonds. The van der Waals surface area contributed by atoms with E-state index in [4.69, 9.17) is 0 Å². The van der Waals surface area contributed by atoms with Crippen molar-refractivity contribution in [2.75, 3.05) is 19.6 Å². The summed E-state index contributed by atoms with van der Waals surface area (Å²) in [6.45, 7) is 12.2. The second kappa shape index (κ2) is 12.5. The normalized spacial score (nSPS) is 24.7. The number of carbonyl (C=O) groups excluding carboxylic acids is 2. The number of piperazine rings is 1. The zero-order chi connectivity index (χ0) is 26.0. The van der Waals surface area contributed by atoms with Crippen molar-refractivity contribution in [3.8, 4) is 0 Å². The Morgan fingerprint density at radius 1 is 1.11 bits per heavy atom. The van der Waals surface area contributed by atoms with Crippen LogP contribution in [0.4, 0.5) is 0 Å². The number of piperidine rings is 1. The van der Waals surface area contributed by atoms with E-state index in [1.807, 2.05) is 18.7 Å². The molecule has 2 aliphatic heterocycles. The Labute approximate surface area is 228 Å². The maximum Gasteiger partial charge on any atom is 0.248 e. The minimum absolute atomic E-state index is 0. The average Bonchev–Trinajstić information content (AvgIpc) is 3.20. The molecule has 0 bridgehead atoms. The van der Waals surface area contributed by atoms with Crippen molar-refractivity contribution in [2.45, 2.75) is 116 Å². The summed E-state index contributed by atoms with van der Waals surface area (Å²) in [7, 11) is 0. The zero-order valence-corrected chi connectivity index (χ0v) is 24.2. The topological polar surface area (TPSA) is 102 Å². The molecule has 8 nitrogen and oxygen atoms in total. The van der Waals surface area contributed by atoms with Gasteiger partial charge >= 0.3 is 0 Å². The van der Waals surface area contributed by atoms with E-state index in [0.717, 1.165) is 37.3 Å². The summed E-state index contributed by atoms with van der Waals surface area (Å²) in [4.78, 5) is 31.8. The van der Waals surface area contributed by atoms with E-state index >= 15 is 0 Å². The number of aryl methyl sites for hydroxylation is 2. The molecule has 3 heterocycles. The summed E-state index contributed by atoms with van der Waals surface area (Å²) < 4.78 is 0. The summed E-state index contributed by atoms with van der Waals surface area (Å²) in [6.07, 6.45) is 8.49. The van der Waals surface area contributed by atoms with Gasteiger partial charge in [0.15, 0.2) is 0 Å². The molecular formula is C28H48ClN5O3. The molecule has 3 aliphatic rings. The van der Waals surface area contributed by atoms with Crippen LogP contribution in [0.3, 0.4) is 0 Å². The fourth-order valence-corrected chi connectivity index (χ4v) is 6.93. The minimum Gasteiger partial charge on any atom is -0.390 e. The monoisotopic (exact) mass is 537 g/mol. The van der Waals surface area contributed by atoms with Crippen molar-refractivity contribution in [3.05, 3.63) is 17.0 Å². The first-order chi connectivity index (χ1) is 17.2. The van der Waals surface area contributed by atoms with Crippen molar-refractivity contribution in [3.63, 3.8) is 0 Å². The Hall–Kier alpha value is -1.64. The van der Waals surface area contributed by atoms with Gasteiger partial charge in [0.25, 0.3) is 0 Å². The molecule has 1 aromatic rings. The number of aliphatic hydroxyl groups is 1. The Kier molecular flexibility index (Phi) is 10.1. The van der Waals surface area contributed by atoms with Gasteiger partial charge in [-0.1, -0.05) is 46.5 Å². The quantitative estimate of drug-likeness (QED) is 0.464. The molecular weight excluding hydrogens is 490 g/mol. The predicted octanol–water partition coefficient (Wildman–Crippen LogP) is 4.05. The summed E-state index contributed by atoms with van der Waals surface area (Å²) in [6, 6.07) is -0.562. The fourth-order valence-electron chi connectivity index (χ4n) is 6.93. The third-order valence-electron chi connectivity index (χ3n) is 9.11. The maximum atomic E-state index is 13.7. The van der Waals surface area contributed by atoms with Crippen LogP contribution in [0.25, 0.3) is 0 Å². The molecule has 9 heteroatoms. The van der Waals surface area contributed by atoms with Crippen LogP contribution >= 0.6 is 12.4 Å². The highest BCUT2D eigenvalue weighted by molar-refractivity contribution is 6.00. The standard InChI is InChI=1S/C28H47N5O3.ClH/c1-6-7-15-33-26(35)23(25(34)18(2)3)29-27(36)28(33)13-16-32(17-14-28)24(21-11-9-8-10-12-21)22-19(4)30-31-20(22)5;/h18,21,23-25,34H,6-17H2,1-5H3,(H,29,36)(H,30,31);1H/t23-,24?,25-;/m1./s1. The van der Waals surface area contributed by atoms with E-state index in [0.29, 0.717) is 31.3 Å². The fraction of sp³-hybridized carbons (Fsp3) is 0.821. The number of rotatable bonds is 8. The van der Waals surface area contributed by atoms with Gasteiger partial charge in [-0.2, -0.15) is 5.10 Å². The Bertz CT molecular complexity index is 901. The zero-order valence-electron chi connectivity index (χ0n) is 23.4. The van der Waals surface area contributed by atoms with E-state index in [9.17, 15) is 14.7 Å². The molecule has 1 aliphatic carbocycles. The number of aromatic amines is 1. The predicted molar refractivity (Wildman–Crippen MR) is 148 cm³/mol. The van der Waals surface area contributed by atoms with Crippen molar-refractivity contribution < 1.29 is 14.7 Å². The number of hydrogen-bond donors (Lipinski definition) is 3. The molecule has 1 aromatic heterocycles. The van der Waals surface area contributed by atoms with Crippen LogP contribution in [-0.4, -0.2) is 74.2 Å². The molecule has 1 saturated carbocycles. The molecule has 3 N–H and O–H groups in total. The van der Waals surface area contributed by atoms with Crippen molar-refractivity contribution in [2.24, 2.45) is 11.8 Å². The molecule has 37 heavy (non-hydrogen) atoms. The van der Waals surface area contributed by atoms with Gasteiger partial charge in [0.1, 0.15) is 11.6 Å². The number of nitrogens with zero attached hydrogens (tertiary/aromatic N) is 3. The second-order valence-electron chi connectivity index (χ2n) is 11.8. The van der Waals surface area contributed by atoms with Gasteiger partial charge < -0.3 is 15.3 Å². The van der Waals surface area contributed by atoms with Gasteiger partial charge in [-0.15, -0.1) is 12.4 Å². The number of amides is 2. The largest absolute Gasteiger partial charge is 0.390 e. The van der Waals surface area contributed by atoms with Crippen LogP contribution in [0.1, 0.15) is 102 Å². The Morgan fingerprint density at radius 3 is 2.30 bits per heavy atom. The highest BCUT2D eigenvalue weighted by Gasteiger charge is 2.55. The van der Waals surface area contributed by atoms with E-state index in [1.54, 1.807) is 0 Å². The van der Waals surface area contributed by atoms with Gasteiger partial charge in [0, 0.05) is 36.9 Å². The summed E-state index contributed by atoms with van der Waals surface area (Å²) in [5.41, 5.74) is 2.71. The van der Waals surface area contributed by atoms with Gasteiger partial charge in [-0.3, -0.25) is 19.6 Å². The number of unbranched alkanes of at least 4 members (excludes halogenated alkanes) is 1. The first-order valence-corrected chi connectivity index (χ1v) is 14.3. The maximum absolute atomic E-state index is 13.7. The number of likely N-dealkylation sites (tertiary alicyclic amines) is 1. The molecule has 0 aromatic carbocycles. The van der Waals surface area contributed by atoms with Crippen LogP contribution < -0.4 is 5.32 Å². The number of aliphatic hydroxyl groups excluding tert-OH is 1. The van der Waals surface area contributed by atoms with Gasteiger partial charge in [-0.25, -0.2) is 0 Å². The van der Waals surface area contributed by atoms with Crippen molar-refractivity contribution in [1.82, 2.24) is 25.3 Å². The number of nitrogens with one attached hydrogen (secondary N) is 2. The molecule has 0 radical (unpaired) electrons. The number of carbonyl (C=O) groups is 2. The van der Waals surface area contributed by atoms with Crippen molar-refractivity contribution >= 4 is 24.2 Å². The Morgan fingerprint density at radius 2 is 1.76 bits per heavy atom. The molecule has 1 unspecified atom stereocenters. The number of H-pyrrole nitrogens is 1. The second-order valence-corrected chi connectivity index (χ2v) is 11.8. The third kappa shape index (κ3) is 5.71. The van der Waals surface area contributed by atoms with Crippen LogP contribution in [0.5, 0.6) is 0 Å². The van der Waals surface area contributed by atoms with Crippen LogP contribution in [0, 0.1) is 25.7 Å². The number of aromatic nitrogens is 2. The number of hydrogen-bond acceptors (Lipinski definition) is 5. The molecule has 210 valence electrons. The molecule has 2 saturated heterocycles. The highest BCUT2D eigenvalue weighted by Crippen LogP contribution is 2.44. The lowest BCUT2D eigenvalue weighted by Crippen LogP contribution is -2.75. The van der Waals surface area contributed by atoms with Gasteiger partial charge in [0.2, 0.25) is 11.8 Å². The van der Waals surface area contributed by atoms with E-state index in [-0.39, 0.29) is 30.1 Å². The van der Waals surface area contributed by atoms with Gasteiger partial charge in [0.05, 0.1) is 11.8 Å². The smallest absolute Gasteiger partial charge is 0.248 e. The molecule has 1 spiro atoms. The third-order valence-corrected chi connectivity index (χ3v) is 9.11. The lowest BCUT2D eigenvalue weighted by Gasteiger charge is -2.54. The number of halogens is 1. The van der Waals surface area contributed by atoms with Gasteiger partial charge in [-0.05, 0) is 57.8 Å². The minimum atomic E-state index is -0.884. The van der Waals surface area contributed by atoms with Crippen LogP contribution in [0.15, 0.2) is 0 Å². The summed E-state index contributed by atoms with van der Waals surface area (Å²) >= 11 is 0. The molecule has 3 atom stereocenters. The van der Waals surface area contributed by atoms with Crippen LogP contribution in [-0.2, 0) is 9.59 Å². The Balaban J connectivity index is 0.00000380. The first-order valence-electron chi connectivity index (χ1n) is 14.3. The lowest BCUT2D eigenvalue weighted by atomic mass is 9.76. The van der Waals surface area contributed by atoms with Crippen LogP contribution in [0.2, 0.25) is 0 Å². The van der Waals surface area contributed by atoms with E-state index in [1.165, 1.54) is 37.7 Å². The first kappa shape index (κ1) is 29.9. The van der Waals surface area contributed by atoms with E-state index < -0.39 is 17.7 Å². The SMILES string of the molecule is CCCCN1C(=O)[C@@H]([C@H](O)C(C)C)NC(=O)C12CCN(C(c1c(C)n[nH]c1C)C1CCCCC1)CC2.Cl. The van der Waals surface area contributed by atoms with E-state index in [2.05, 4.69) is 41.2 Å². The average molecular weight is 538 g/mol. The molecule has 3 fully saturated rings. The van der Waals surface area contributed by atoms with Crippen molar-refractivity contribution in [1.29, 1.82) is 0 Å². The highest BCUT2D eigenvalue weighted by atomic mass is 35.5. The summed E-state index contributed by atoms with van der Waals surface area (Å²) in [5.74, 6) is 0.266. The lowest BCUT2D eigenvalue weighted by molar-refractivity contribution is -0.166.